The van der Waals surface area contributed by atoms with Gasteiger partial charge >= 0.3 is 0 Å². The zero-order chi connectivity index (χ0) is 19.5. The fraction of sp³-hybridized carbons (Fsp3) is 0.500. The van der Waals surface area contributed by atoms with Crippen LogP contribution in [0.15, 0.2) is 18.2 Å². The Morgan fingerprint density at radius 3 is 2.68 bits per heavy atom. The Morgan fingerprint density at radius 2 is 1.93 bits per heavy atom. The van der Waals surface area contributed by atoms with E-state index >= 15 is 0 Å². The van der Waals surface area contributed by atoms with E-state index in [9.17, 15) is 19.2 Å². The number of nitrogens with zero attached hydrogens (tertiary/aromatic N) is 2. The predicted molar refractivity (Wildman–Crippen MR) is 98.4 cm³/mol. The molecule has 1 atom stereocenters. The molecular formula is C20H22N4O4. The molecule has 8 nitrogen and oxygen atoms in total. The van der Waals surface area contributed by atoms with Crippen LogP contribution < -0.4 is 10.6 Å². The van der Waals surface area contributed by atoms with Crippen molar-refractivity contribution in [2.45, 2.75) is 43.8 Å². The number of fused-ring (bicyclic) bond motifs is 1. The van der Waals surface area contributed by atoms with Crippen molar-refractivity contribution < 1.29 is 19.2 Å². The van der Waals surface area contributed by atoms with Crippen LogP contribution in [0.1, 0.15) is 52.0 Å². The molecule has 0 aromatic heterocycles. The van der Waals surface area contributed by atoms with Gasteiger partial charge in [0.15, 0.2) is 0 Å². The first-order chi connectivity index (χ1) is 13.5. The second kappa shape index (κ2) is 6.22. The number of nitrogens with one attached hydrogen (secondary N) is 2. The van der Waals surface area contributed by atoms with E-state index in [1.807, 2.05) is 6.07 Å². The lowest BCUT2D eigenvalue weighted by Gasteiger charge is -2.34. The van der Waals surface area contributed by atoms with Gasteiger partial charge in [0.25, 0.3) is 11.8 Å². The number of imide groups is 2. The van der Waals surface area contributed by atoms with E-state index in [0.29, 0.717) is 17.7 Å². The van der Waals surface area contributed by atoms with Crippen molar-refractivity contribution in [1.82, 2.24) is 20.4 Å². The standard InChI is InChI=1S/C20H22N4O4/c25-15-5-4-14(17(26)22-15)24-18(27)13-3-1-2-12(16(13)19(24)28)10-23-9-8-21-20(11-23)6-7-20/h1-3,14,21H,4-11H2,(H,22,25,26). The second-order valence-corrected chi connectivity index (χ2v) is 8.20. The monoisotopic (exact) mass is 382 g/mol. The summed E-state index contributed by atoms with van der Waals surface area (Å²) < 4.78 is 0. The van der Waals surface area contributed by atoms with Crippen molar-refractivity contribution in [2.24, 2.45) is 0 Å². The van der Waals surface area contributed by atoms with Crippen LogP contribution in [-0.4, -0.2) is 64.6 Å². The quantitative estimate of drug-likeness (QED) is 0.716. The summed E-state index contributed by atoms with van der Waals surface area (Å²) in [4.78, 5) is 53.1. The molecule has 146 valence electrons. The second-order valence-electron chi connectivity index (χ2n) is 8.20. The molecule has 2 saturated heterocycles. The summed E-state index contributed by atoms with van der Waals surface area (Å²) in [6.45, 7) is 3.36. The molecule has 1 aromatic rings. The molecule has 3 fully saturated rings. The molecule has 5 rings (SSSR count). The highest BCUT2D eigenvalue weighted by molar-refractivity contribution is 6.24. The van der Waals surface area contributed by atoms with Gasteiger partial charge in [0.1, 0.15) is 6.04 Å². The fourth-order valence-electron chi connectivity index (χ4n) is 4.62. The SMILES string of the molecule is O=C1CCC(N2C(=O)c3cccc(CN4CCNC5(CC5)C4)c3C2=O)C(=O)N1. The molecule has 1 spiro atoms. The van der Waals surface area contributed by atoms with Gasteiger partial charge in [-0.25, -0.2) is 0 Å². The van der Waals surface area contributed by atoms with Crippen LogP contribution >= 0.6 is 0 Å². The number of benzene rings is 1. The van der Waals surface area contributed by atoms with Crippen LogP contribution in [0.5, 0.6) is 0 Å². The van der Waals surface area contributed by atoms with E-state index in [1.54, 1.807) is 12.1 Å². The Balaban J connectivity index is 1.42. The lowest BCUT2D eigenvalue weighted by molar-refractivity contribution is -0.136. The highest BCUT2D eigenvalue weighted by atomic mass is 16.2. The van der Waals surface area contributed by atoms with Crippen molar-refractivity contribution in [1.29, 1.82) is 0 Å². The van der Waals surface area contributed by atoms with Gasteiger partial charge in [0.05, 0.1) is 11.1 Å². The number of carbonyl (C=O) groups is 4. The summed E-state index contributed by atoms with van der Waals surface area (Å²) in [5, 5.41) is 5.80. The highest BCUT2D eigenvalue weighted by Crippen LogP contribution is 2.38. The zero-order valence-corrected chi connectivity index (χ0v) is 15.5. The Labute approximate surface area is 162 Å². The van der Waals surface area contributed by atoms with Crippen molar-refractivity contribution >= 4 is 23.6 Å². The lowest BCUT2D eigenvalue weighted by Crippen LogP contribution is -2.54. The molecule has 0 radical (unpaired) electrons. The maximum Gasteiger partial charge on any atom is 0.262 e. The summed E-state index contributed by atoms with van der Waals surface area (Å²) in [7, 11) is 0. The predicted octanol–water partition coefficient (Wildman–Crippen LogP) is 0.0256. The largest absolute Gasteiger partial charge is 0.309 e. The number of rotatable bonds is 3. The van der Waals surface area contributed by atoms with E-state index in [2.05, 4.69) is 15.5 Å². The third-order valence-electron chi connectivity index (χ3n) is 6.26. The molecule has 1 aromatic carbocycles. The Kier molecular flexibility index (Phi) is 3.89. The van der Waals surface area contributed by atoms with Gasteiger partial charge in [-0.1, -0.05) is 12.1 Å². The van der Waals surface area contributed by atoms with Crippen LogP contribution in [0.2, 0.25) is 0 Å². The summed E-state index contributed by atoms with van der Waals surface area (Å²) >= 11 is 0. The van der Waals surface area contributed by atoms with Crippen molar-refractivity contribution in [3.8, 4) is 0 Å². The molecule has 8 heteroatoms. The molecule has 1 saturated carbocycles. The van der Waals surface area contributed by atoms with Crippen LogP contribution in [0.3, 0.4) is 0 Å². The van der Waals surface area contributed by atoms with Gasteiger partial charge in [-0.15, -0.1) is 0 Å². The van der Waals surface area contributed by atoms with Gasteiger partial charge in [-0.05, 0) is 30.9 Å². The lowest BCUT2D eigenvalue weighted by atomic mass is 10.0. The topological polar surface area (TPSA) is 98.8 Å². The van der Waals surface area contributed by atoms with Gasteiger partial charge in [-0.2, -0.15) is 0 Å². The minimum absolute atomic E-state index is 0.125. The number of carbonyl (C=O) groups excluding carboxylic acids is 4. The first-order valence-corrected chi connectivity index (χ1v) is 9.78. The third kappa shape index (κ3) is 2.75. The number of piperazine rings is 1. The van der Waals surface area contributed by atoms with Gasteiger partial charge in [-0.3, -0.25) is 34.3 Å². The fourth-order valence-corrected chi connectivity index (χ4v) is 4.62. The minimum atomic E-state index is -0.924. The molecule has 4 aliphatic rings. The van der Waals surface area contributed by atoms with Crippen LogP contribution in [0.25, 0.3) is 0 Å². The highest BCUT2D eigenvalue weighted by Gasteiger charge is 2.47. The van der Waals surface area contributed by atoms with Crippen LogP contribution in [0, 0.1) is 0 Å². The van der Waals surface area contributed by atoms with Crippen LogP contribution in [-0.2, 0) is 16.1 Å². The Bertz CT molecular complexity index is 907. The van der Waals surface area contributed by atoms with E-state index in [4.69, 9.17) is 0 Å². The molecular weight excluding hydrogens is 360 g/mol. The average Bonchev–Trinajstić information content (AvgIpc) is 3.35. The van der Waals surface area contributed by atoms with E-state index in [1.165, 1.54) is 12.8 Å². The molecule has 3 heterocycles. The Hall–Kier alpha value is -2.58. The molecule has 28 heavy (non-hydrogen) atoms. The summed E-state index contributed by atoms with van der Waals surface area (Å²) in [5.41, 5.74) is 1.81. The minimum Gasteiger partial charge on any atom is -0.309 e. The number of amides is 4. The normalized spacial score (nSPS) is 26.6. The van der Waals surface area contributed by atoms with Gasteiger partial charge in [0.2, 0.25) is 11.8 Å². The molecule has 0 bridgehead atoms. The number of hydrogen-bond donors (Lipinski definition) is 2. The average molecular weight is 382 g/mol. The first kappa shape index (κ1) is 17.5. The maximum atomic E-state index is 13.1. The maximum absolute atomic E-state index is 13.1. The van der Waals surface area contributed by atoms with Crippen LogP contribution in [0.4, 0.5) is 0 Å². The molecule has 1 unspecified atom stereocenters. The van der Waals surface area contributed by atoms with Gasteiger partial charge < -0.3 is 5.32 Å². The summed E-state index contributed by atoms with van der Waals surface area (Å²) in [6.07, 6.45) is 2.65. The zero-order valence-electron chi connectivity index (χ0n) is 15.5. The Morgan fingerprint density at radius 1 is 1.11 bits per heavy atom. The summed E-state index contributed by atoms with van der Waals surface area (Å²) in [5.74, 6) is -1.83. The van der Waals surface area contributed by atoms with E-state index in [0.717, 1.165) is 30.1 Å². The number of hydrogen-bond acceptors (Lipinski definition) is 6. The molecule has 4 amide bonds. The van der Waals surface area contributed by atoms with E-state index in [-0.39, 0.29) is 24.3 Å². The van der Waals surface area contributed by atoms with Crippen molar-refractivity contribution in [3.05, 3.63) is 34.9 Å². The van der Waals surface area contributed by atoms with Gasteiger partial charge in [0, 0.05) is 38.1 Å². The summed E-state index contributed by atoms with van der Waals surface area (Å²) in [6, 6.07) is 4.40. The van der Waals surface area contributed by atoms with Crippen molar-refractivity contribution in [2.75, 3.05) is 19.6 Å². The molecule has 1 aliphatic carbocycles. The smallest absolute Gasteiger partial charge is 0.262 e. The molecule has 3 aliphatic heterocycles. The van der Waals surface area contributed by atoms with Crippen molar-refractivity contribution in [3.63, 3.8) is 0 Å². The first-order valence-electron chi connectivity index (χ1n) is 9.78. The van der Waals surface area contributed by atoms with E-state index < -0.39 is 23.8 Å². The third-order valence-corrected chi connectivity index (χ3v) is 6.26. The number of piperidine rings is 1. The molecule has 2 N–H and O–H groups in total.